The van der Waals surface area contributed by atoms with Crippen molar-refractivity contribution < 1.29 is 19.4 Å². The number of aliphatic hydroxyl groups excluding tert-OH is 1. The molecule has 0 aliphatic carbocycles. The Balaban J connectivity index is 3.01. The molecule has 0 rings (SSSR count). The number of carbonyl (C=O) groups is 1. The maximum atomic E-state index is 10.7. The highest BCUT2D eigenvalue weighted by Gasteiger charge is 2.01. The van der Waals surface area contributed by atoms with Crippen LogP contribution >= 0.6 is 0 Å². The van der Waals surface area contributed by atoms with Gasteiger partial charge in [0.25, 0.3) is 0 Å². The molecule has 0 fully saturated rings. The van der Waals surface area contributed by atoms with Crippen LogP contribution in [0.3, 0.4) is 0 Å². The van der Waals surface area contributed by atoms with Gasteiger partial charge in [-0.2, -0.15) is 0 Å². The van der Waals surface area contributed by atoms with Gasteiger partial charge < -0.3 is 14.6 Å². The molecular formula is C14H28O4. The average Bonchev–Trinajstić information content (AvgIpc) is 2.36. The van der Waals surface area contributed by atoms with E-state index in [1.165, 1.54) is 51.4 Å². The monoisotopic (exact) mass is 260 g/mol. The molecule has 108 valence electrons. The first-order chi connectivity index (χ1) is 8.81. The van der Waals surface area contributed by atoms with Crippen LogP contribution in [0.15, 0.2) is 0 Å². The van der Waals surface area contributed by atoms with Crippen molar-refractivity contribution in [2.45, 2.75) is 71.1 Å². The standard InChI is InChI=1S/C14H28O4/c1-2-3-4-5-6-7-8-9-10-11-12-17-14(16)18-13-15/h15H,2-13H2,1H3. The normalized spacial score (nSPS) is 10.3. The van der Waals surface area contributed by atoms with Crippen LogP contribution in [0.4, 0.5) is 4.79 Å². The largest absolute Gasteiger partial charge is 0.510 e. The number of hydrogen-bond donors (Lipinski definition) is 1. The molecule has 0 spiro atoms. The summed E-state index contributed by atoms with van der Waals surface area (Å²) in [7, 11) is 0. The minimum Gasteiger partial charge on any atom is -0.434 e. The highest BCUT2D eigenvalue weighted by Crippen LogP contribution is 2.10. The van der Waals surface area contributed by atoms with E-state index in [0.717, 1.165) is 12.8 Å². The van der Waals surface area contributed by atoms with E-state index in [9.17, 15) is 4.79 Å². The molecule has 0 aromatic heterocycles. The maximum absolute atomic E-state index is 10.7. The van der Waals surface area contributed by atoms with Crippen molar-refractivity contribution in [1.82, 2.24) is 0 Å². The number of rotatable bonds is 12. The van der Waals surface area contributed by atoms with E-state index < -0.39 is 12.9 Å². The van der Waals surface area contributed by atoms with Crippen LogP contribution in [0.1, 0.15) is 71.1 Å². The second-order valence-electron chi connectivity index (χ2n) is 4.55. The molecule has 0 aromatic rings. The molecule has 0 heterocycles. The first kappa shape index (κ1) is 17.2. The lowest BCUT2D eigenvalue weighted by atomic mass is 10.1. The predicted molar refractivity (Wildman–Crippen MR) is 71.4 cm³/mol. The second-order valence-corrected chi connectivity index (χ2v) is 4.55. The van der Waals surface area contributed by atoms with Gasteiger partial charge in [-0.05, 0) is 6.42 Å². The van der Waals surface area contributed by atoms with Crippen LogP contribution in [0, 0.1) is 0 Å². The highest BCUT2D eigenvalue weighted by atomic mass is 16.8. The number of carbonyl (C=O) groups excluding carboxylic acids is 1. The Hall–Kier alpha value is -0.770. The van der Waals surface area contributed by atoms with Crippen LogP contribution in [0.5, 0.6) is 0 Å². The molecule has 0 amide bonds. The molecular weight excluding hydrogens is 232 g/mol. The molecule has 4 heteroatoms. The lowest BCUT2D eigenvalue weighted by molar-refractivity contribution is -0.00609. The zero-order chi connectivity index (χ0) is 13.5. The second kappa shape index (κ2) is 14.3. The third-order valence-electron chi connectivity index (χ3n) is 2.90. The Labute approximate surface area is 111 Å². The summed E-state index contributed by atoms with van der Waals surface area (Å²) in [6, 6.07) is 0. The average molecular weight is 260 g/mol. The van der Waals surface area contributed by atoms with Gasteiger partial charge in [0.1, 0.15) is 0 Å². The first-order valence-corrected chi connectivity index (χ1v) is 7.21. The summed E-state index contributed by atoms with van der Waals surface area (Å²) in [4.78, 5) is 10.7. The van der Waals surface area contributed by atoms with Gasteiger partial charge in [-0.15, -0.1) is 0 Å². The topological polar surface area (TPSA) is 55.8 Å². The lowest BCUT2D eigenvalue weighted by Gasteiger charge is -2.04. The molecule has 0 bridgehead atoms. The summed E-state index contributed by atoms with van der Waals surface area (Å²) in [5, 5.41) is 8.29. The van der Waals surface area contributed by atoms with Crippen LogP contribution in [-0.4, -0.2) is 24.7 Å². The molecule has 0 radical (unpaired) electrons. The fourth-order valence-corrected chi connectivity index (χ4v) is 1.84. The van der Waals surface area contributed by atoms with Crippen molar-refractivity contribution in [2.75, 3.05) is 13.4 Å². The summed E-state index contributed by atoms with van der Waals surface area (Å²) in [6.45, 7) is 2.00. The summed E-state index contributed by atoms with van der Waals surface area (Å²) < 4.78 is 8.96. The molecule has 1 N–H and O–H groups in total. The minimum absolute atomic E-state index is 0.384. The lowest BCUT2D eigenvalue weighted by Crippen LogP contribution is -2.08. The predicted octanol–water partition coefficient (Wildman–Crippen LogP) is 4.01. The maximum Gasteiger partial charge on any atom is 0.510 e. The summed E-state index contributed by atoms with van der Waals surface area (Å²) >= 11 is 0. The van der Waals surface area contributed by atoms with Crippen LogP contribution < -0.4 is 0 Å². The van der Waals surface area contributed by atoms with Crippen LogP contribution in [-0.2, 0) is 9.47 Å². The number of ether oxygens (including phenoxy) is 2. The SMILES string of the molecule is CCCCCCCCCCCCOC(=O)OCO. The molecule has 0 saturated carbocycles. The van der Waals surface area contributed by atoms with Gasteiger partial charge in [0.05, 0.1) is 6.61 Å². The van der Waals surface area contributed by atoms with Gasteiger partial charge in [0, 0.05) is 0 Å². The Morgan fingerprint density at radius 3 is 1.83 bits per heavy atom. The van der Waals surface area contributed by atoms with Gasteiger partial charge >= 0.3 is 6.16 Å². The quantitative estimate of drug-likeness (QED) is 0.327. The number of hydrogen-bond acceptors (Lipinski definition) is 4. The zero-order valence-electron chi connectivity index (χ0n) is 11.7. The Kier molecular flexibility index (Phi) is 13.7. The van der Waals surface area contributed by atoms with Crippen molar-refractivity contribution in [3.63, 3.8) is 0 Å². The Bertz CT molecular complexity index is 183. The molecule has 0 aliphatic rings. The van der Waals surface area contributed by atoms with Gasteiger partial charge in [0.2, 0.25) is 0 Å². The van der Waals surface area contributed by atoms with Crippen LogP contribution in [0.2, 0.25) is 0 Å². The van der Waals surface area contributed by atoms with Gasteiger partial charge in [-0.3, -0.25) is 0 Å². The van der Waals surface area contributed by atoms with E-state index in [-0.39, 0.29) is 0 Å². The van der Waals surface area contributed by atoms with Crippen molar-refractivity contribution in [3.05, 3.63) is 0 Å². The van der Waals surface area contributed by atoms with Gasteiger partial charge in [0.15, 0.2) is 6.79 Å². The fourth-order valence-electron chi connectivity index (χ4n) is 1.84. The van der Waals surface area contributed by atoms with Gasteiger partial charge in [-0.1, -0.05) is 64.7 Å². The van der Waals surface area contributed by atoms with Crippen LogP contribution in [0.25, 0.3) is 0 Å². The molecule has 0 aromatic carbocycles. The van der Waals surface area contributed by atoms with E-state index in [1.807, 2.05) is 0 Å². The van der Waals surface area contributed by atoms with Gasteiger partial charge in [-0.25, -0.2) is 4.79 Å². The van der Waals surface area contributed by atoms with Crippen molar-refractivity contribution in [1.29, 1.82) is 0 Å². The summed E-state index contributed by atoms with van der Waals surface area (Å²) in [5.41, 5.74) is 0. The number of unbranched alkanes of at least 4 members (excludes halogenated alkanes) is 9. The van der Waals surface area contributed by atoms with Crippen molar-refractivity contribution in [2.24, 2.45) is 0 Å². The Morgan fingerprint density at radius 1 is 0.833 bits per heavy atom. The molecule has 0 unspecified atom stereocenters. The van der Waals surface area contributed by atoms with E-state index in [4.69, 9.17) is 9.84 Å². The minimum atomic E-state index is -0.784. The van der Waals surface area contributed by atoms with E-state index in [1.54, 1.807) is 0 Å². The Morgan fingerprint density at radius 2 is 1.33 bits per heavy atom. The highest BCUT2D eigenvalue weighted by molar-refractivity contribution is 5.59. The van der Waals surface area contributed by atoms with E-state index in [2.05, 4.69) is 11.7 Å². The third-order valence-corrected chi connectivity index (χ3v) is 2.90. The first-order valence-electron chi connectivity index (χ1n) is 7.21. The van der Waals surface area contributed by atoms with E-state index in [0.29, 0.717) is 6.61 Å². The molecule has 0 saturated heterocycles. The molecule has 18 heavy (non-hydrogen) atoms. The van der Waals surface area contributed by atoms with E-state index >= 15 is 0 Å². The molecule has 0 aliphatic heterocycles. The molecule has 4 nitrogen and oxygen atoms in total. The summed E-state index contributed by atoms with van der Waals surface area (Å²) in [6.07, 6.45) is 11.7. The molecule has 0 atom stereocenters. The summed E-state index contributed by atoms with van der Waals surface area (Å²) in [5.74, 6) is 0. The van der Waals surface area contributed by atoms with Crippen molar-refractivity contribution in [3.8, 4) is 0 Å². The fraction of sp³-hybridized carbons (Fsp3) is 0.929. The third kappa shape index (κ3) is 13.3. The van der Waals surface area contributed by atoms with Crippen molar-refractivity contribution >= 4 is 6.16 Å². The zero-order valence-corrected chi connectivity index (χ0v) is 11.7. The smallest absolute Gasteiger partial charge is 0.434 e. The number of aliphatic hydroxyl groups is 1.